The lowest BCUT2D eigenvalue weighted by molar-refractivity contribution is 0.246. The molecule has 1 atom stereocenters. The van der Waals surface area contributed by atoms with Gasteiger partial charge in [0.25, 0.3) is 0 Å². The zero-order valence-electron chi connectivity index (χ0n) is 10.7. The van der Waals surface area contributed by atoms with Crippen molar-refractivity contribution < 1.29 is 0 Å². The molecule has 0 bridgehead atoms. The van der Waals surface area contributed by atoms with Gasteiger partial charge in [0.05, 0.1) is 0 Å². The molecule has 0 amide bonds. The number of piperidine rings is 1. The van der Waals surface area contributed by atoms with Crippen molar-refractivity contribution in [2.45, 2.75) is 32.2 Å². The number of nitrogens with zero attached hydrogens (tertiary/aromatic N) is 2. The second-order valence-corrected chi connectivity index (χ2v) is 5.04. The summed E-state index contributed by atoms with van der Waals surface area (Å²) in [5.74, 6) is 0.683. The van der Waals surface area contributed by atoms with Crippen molar-refractivity contribution >= 4 is 0 Å². The van der Waals surface area contributed by atoms with Crippen LogP contribution < -0.4 is 5.73 Å². The van der Waals surface area contributed by atoms with Crippen molar-refractivity contribution in [3.05, 3.63) is 23.0 Å². The predicted molar refractivity (Wildman–Crippen MR) is 67.5 cm³/mol. The van der Waals surface area contributed by atoms with Gasteiger partial charge < -0.3 is 15.2 Å². The molecule has 90 valence electrons. The summed E-state index contributed by atoms with van der Waals surface area (Å²) in [6.45, 7) is 5.24. The van der Waals surface area contributed by atoms with Gasteiger partial charge >= 0.3 is 0 Å². The molecule has 3 nitrogen and oxygen atoms in total. The Bertz CT molecular complexity index is 367. The van der Waals surface area contributed by atoms with Crippen molar-refractivity contribution in [2.24, 2.45) is 12.8 Å². The fourth-order valence-electron chi connectivity index (χ4n) is 2.79. The molecule has 1 aromatic heterocycles. The molecule has 2 N–H and O–H groups in total. The van der Waals surface area contributed by atoms with Gasteiger partial charge in [-0.1, -0.05) is 0 Å². The quantitative estimate of drug-likeness (QED) is 0.823. The molecule has 1 aliphatic rings. The van der Waals surface area contributed by atoms with E-state index in [2.05, 4.69) is 36.6 Å². The molecule has 0 spiro atoms. The molecule has 16 heavy (non-hydrogen) atoms. The zero-order chi connectivity index (χ0) is 11.7. The van der Waals surface area contributed by atoms with Crippen LogP contribution in [0.1, 0.15) is 35.7 Å². The standard InChI is InChI=1S/C13H23N3/c1-10-12(8-14)7-13(16(10)3)11-5-4-6-15(2)9-11/h7,11H,4-6,8-9,14H2,1-3H3. The topological polar surface area (TPSA) is 34.2 Å². The van der Waals surface area contributed by atoms with Crippen LogP contribution in [-0.2, 0) is 13.6 Å². The van der Waals surface area contributed by atoms with E-state index in [0.29, 0.717) is 12.5 Å². The third kappa shape index (κ3) is 2.02. The number of likely N-dealkylation sites (tertiary alicyclic amines) is 1. The normalized spacial score (nSPS) is 22.6. The summed E-state index contributed by atoms with van der Waals surface area (Å²) in [6, 6.07) is 2.30. The zero-order valence-corrected chi connectivity index (χ0v) is 10.7. The molecular weight excluding hydrogens is 198 g/mol. The first kappa shape index (κ1) is 11.7. The molecule has 0 saturated carbocycles. The van der Waals surface area contributed by atoms with E-state index in [9.17, 15) is 0 Å². The maximum Gasteiger partial charge on any atom is 0.0221 e. The Kier molecular flexibility index (Phi) is 3.36. The predicted octanol–water partition coefficient (Wildman–Crippen LogP) is 1.60. The van der Waals surface area contributed by atoms with Crippen molar-refractivity contribution in [1.82, 2.24) is 9.47 Å². The fraction of sp³-hybridized carbons (Fsp3) is 0.692. The second kappa shape index (κ2) is 4.60. The molecule has 0 aromatic carbocycles. The SMILES string of the molecule is Cc1c(CN)cc(C2CCCN(C)C2)n1C. The molecule has 0 radical (unpaired) electrons. The largest absolute Gasteiger partial charge is 0.351 e. The smallest absolute Gasteiger partial charge is 0.0221 e. The molecule has 1 saturated heterocycles. The lowest BCUT2D eigenvalue weighted by Crippen LogP contribution is -2.31. The van der Waals surface area contributed by atoms with Crippen LogP contribution in [0.5, 0.6) is 0 Å². The van der Waals surface area contributed by atoms with Gasteiger partial charge in [-0.2, -0.15) is 0 Å². The van der Waals surface area contributed by atoms with Crippen LogP contribution in [-0.4, -0.2) is 29.6 Å². The van der Waals surface area contributed by atoms with Gasteiger partial charge in [0.15, 0.2) is 0 Å². The molecule has 1 aromatic rings. The molecule has 3 heteroatoms. The number of likely N-dealkylation sites (N-methyl/N-ethyl adjacent to an activating group) is 1. The van der Waals surface area contributed by atoms with Crippen molar-refractivity contribution in [3.8, 4) is 0 Å². The van der Waals surface area contributed by atoms with Gasteiger partial charge in [0.2, 0.25) is 0 Å². The van der Waals surface area contributed by atoms with E-state index in [0.717, 1.165) is 0 Å². The molecule has 1 fully saturated rings. The average molecular weight is 221 g/mol. The van der Waals surface area contributed by atoms with E-state index in [1.807, 2.05) is 0 Å². The van der Waals surface area contributed by atoms with E-state index < -0.39 is 0 Å². The summed E-state index contributed by atoms with van der Waals surface area (Å²) in [4.78, 5) is 2.43. The number of nitrogens with two attached hydrogens (primary N) is 1. The third-order valence-corrected chi connectivity index (χ3v) is 3.94. The van der Waals surface area contributed by atoms with Gasteiger partial charge in [-0.15, -0.1) is 0 Å². The number of aromatic nitrogens is 1. The highest BCUT2D eigenvalue weighted by molar-refractivity contribution is 5.29. The van der Waals surface area contributed by atoms with Crippen LogP contribution in [0.25, 0.3) is 0 Å². The van der Waals surface area contributed by atoms with Gasteiger partial charge in [-0.25, -0.2) is 0 Å². The minimum absolute atomic E-state index is 0.655. The minimum atomic E-state index is 0.655. The summed E-state index contributed by atoms with van der Waals surface area (Å²) in [7, 11) is 4.38. The summed E-state index contributed by atoms with van der Waals surface area (Å²) in [5, 5.41) is 0. The monoisotopic (exact) mass is 221 g/mol. The maximum atomic E-state index is 5.77. The highest BCUT2D eigenvalue weighted by Gasteiger charge is 2.22. The van der Waals surface area contributed by atoms with Gasteiger partial charge in [0, 0.05) is 37.4 Å². The number of hydrogen-bond donors (Lipinski definition) is 1. The van der Waals surface area contributed by atoms with Crippen molar-refractivity contribution in [2.75, 3.05) is 20.1 Å². The Morgan fingerprint density at radius 3 is 2.75 bits per heavy atom. The minimum Gasteiger partial charge on any atom is -0.351 e. The van der Waals surface area contributed by atoms with Crippen LogP contribution in [0.3, 0.4) is 0 Å². The third-order valence-electron chi connectivity index (χ3n) is 3.94. The first-order chi connectivity index (χ1) is 7.63. The first-order valence-electron chi connectivity index (χ1n) is 6.17. The average Bonchev–Trinajstić information content (AvgIpc) is 2.56. The maximum absolute atomic E-state index is 5.77. The molecule has 1 aliphatic heterocycles. The molecular formula is C13H23N3. The van der Waals surface area contributed by atoms with Crippen LogP contribution in [0.2, 0.25) is 0 Å². The summed E-state index contributed by atoms with van der Waals surface area (Å²) < 4.78 is 2.33. The van der Waals surface area contributed by atoms with Crippen LogP contribution >= 0.6 is 0 Å². The number of hydrogen-bond acceptors (Lipinski definition) is 2. The Morgan fingerprint density at radius 2 is 2.19 bits per heavy atom. The van der Waals surface area contributed by atoms with Crippen LogP contribution in [0, 0.1) is 6.92 Å². The van der Waals surface area contributed by atoms with Crippen LogP contribution in [0.4, 0.5) is 0 Å². The lowest BCUT2D eigenvalue weighted by Gasteiger charge is -2.30. The van der Waals surface area contributed by atoms with Gasteiger partial charge in [-0.3, -0.25) is 0 Å². The molecule has 0 aliphatic carbocycles. The Morgan fingerprint density at radius 1 is 1.44 bits per heavy atom. The van der Waals surface area contributed by atoms with E-state index in [4.69, 9.17) is 5.73 Å². The van der Waals surface area contributed by atoms with Crippen molar-refractivity contribution in [3.63, 3.8) is 0 Å². The Balaban J connectivity index is 2.25. The second-order valence-electron chi connectivity index (χ2n) is 5.04. The van der Waals surface area contributed by atoms with Crippen LogP contribution in [0.15, 0.2) is 6.07 Å². The Labute approximate surface area is 98.2 Å². The molecule has 2 heterocycles. The van der Waals surface area contributed by atoms with Gasteiger partial charge in [-0.05, 0) is 45.0 Å². The molecule has 2 rings (SSSR count). The highest BCUT2D eigenvalue weighted by atomic mass is 15.1. The van der Waals surface area contributed by atoms with E-state index in [1.165, 1.54) is 42.9 Å². The lowest BCUT2D eigenvalue weighted by atomic mass is 9.95. The summed E-state index contributed by atoms with van der Waals surface area (Å²) in [5.41, 5.74) is 9.85. The van der Waals surface area contributed by atoms with Gasteiger partial charge in [0.1, 0.15) is 0 Å². The number of rotatable bonds is 2. The molecule has 1 unspecified atom stereocenters. The van der Waals surface area contributed by atoms with E-state index in [-0.39, 0.29) is 0 Å². The first-order valence-corrected chi connectivity index (χ1v) is 6.17. The highest BCUT2D eigenvalue weighted by Crippen LogP contribution is 2.28. The fourth-order valence-corrected chi connectivity index (χ4v) is 2.79. The summed E-state index contributed by atoms with van der Waals surface area (Å²) in [6.07, 6.45) is 2.62. The van der Waals surface area contributed by atoms with E-state index in [1.54, 1.807) is 0 Å². The Hall–Kier alpha value is -0.800. The summed E-state index contributed by atoms with van der Waals surface area (Å²) >= 11 is 0. The van der Waals surface area contributed by atoms with E-state index >= 15 is 0 Å². The van der Waals surface area contributed by atoms with Crippen molar-refractivity contribution in [1.29, 1.82) is 0 Å².